The number of nitrogens with one attached hydrogen (secondary N) is 1. The van der Waals surface area contributed by atoms with Gasteiger partial charge in [-0.15, -0.1) is 22.9 Å². The van der Waals surface area contributed by atoms with Gasteiger partial charge in [0.2, 0.25) is 5.91 Å². The van der Waals surface area contributed by atoms with Crippen LogP contribution in [0.15, 0.2) is 15.9 Å². The summed E-state index contributed by atoms with van der Waals surface area (Å²) in [6.45, 7) is 0. The summed E-state index contributed by atoms with van der Waals surface area (Å²) in [5.41, 5.74) is 0. The van der Waals surface area contributed by atoms with Crippen LogP contribution >= 0.6 is 38.9 Å². The minimum atomic E-state index is -0.549. The van der Waals surface area contributed by atoms with Gasteiger partial charge in [-0.25, -0.2) is 0 Å². The predicted molar refractivity (Wildman–Crippen MR) is 61.8 cm³/mol. The van der Waals surface area contributed by atoms with Gasteiger partial charge in [0.05, 0.1) is 3.79 Å². The van der Waals surface area contributed by atoms with Crippen LogP contribution in [0.1, 0.15) is 23.1 Å². The fourth-order valence-corrected chi connectivity index (χ4v) is 2.77. The highest BCUT2D eigenvalue weighted by molar-refractivity contribution is 9.11. The topological polar surface area (TPSA) is 29.1 Å². The standard InChI is InChI=1S/C9H9BrClNOS/c10-7-4-3-6(14-7)8(11)9(13)12-5-1-2-5/h3-5,8H,1-2H2,(H,12,13). The quantitative estimate of drug-likeness (QED) is 0.853. The summed E-state index contributed by atoms with van der Waals surface area (Å²) in [4.78, 5) is 12.4. The molecule has 0 bridgehead atoms. The first-order valence-electron chi connectivity index (χ1n) is 4.36. The van der Waals surface area contributed by atoms with E-state index in [1.54, 1.807) is 0 Å². The Hall–Kier alpha value is -0.0600. The predicted octanol–water partition coefficient (Wildman–Crippen LogP) is 3.07. The zero-order valence-corrected chi connectivity index (χ0v) is 10.5. The molecule has 1 aromatic rings. The third-order valence-electron chi connectivity index (χ3n) is 2.00. The fraction of sp³-hybridized carbons (Fsp3) is 0.444. The Morgan fingerprint density at radius 2 is 2.36 bits per heavy atom. The fourth-order valence-electron chi connectivity index (χ4n) is 1.10. The van der Waals surface area contributed by atoms with Crippen LogP contribution in [0.25, 0.3) is 0 Å². The SMILES string of the molecule is O=C(NC1CC1)C(Cl)c1ccc(Br)s1. The average Bonchev–Trinajstić information content (AvgIpc) is 2.85. The van der Waals surface area contributed by atoms with Crippen molar-refractivity contribution in [3.8, 4) is 0 Å². The number of halogens is 2. The Morgan fingerprint density at radius 3 is 2.86 bits per heavy atom. The number of hydrogen-bond donors (Lipinski definition) is 1. The molecule has 0 spiro atoms. The van der Waals surface area contributed by atoms with Gasteiger partial charge in [-0.05, 0) is 40.9 Å². The van der Waals surface area contributed by atoms with E-state index >= 15 is 0 Å². The van der Waals surface area contributed by atoms with E-state index in [9.17, 15) is 4.79 Å². The molecule has 1 amide bonds. The molecular weight excluding hydrogens is 286 g/mol. The Morgan fingerprint density at radius 1 is 1.64 bits per heavy atom. The molecule has 0 aromatic carbocycles. The summed E-state index contributed by atoms with van der Waals surface area (Å²) in [5.74, 6) is -0.0801. The van der Waals surface area contributed by atoms with Crippen molar-refractivity contribution < 1.29 is 4.79 Å². The lowest BCUT2D eigenvalue weighted by molar-refractivity contribution is -0.120. The molecule has 1 aliphatic rings. The molecule has 1 aromatic heterocycles. The second kappa shape index (κ2) is 4.21. The molecule has 0 aliphatic heterocycles. The molecule has 5 heteroatoms. The van der Waals surface area contributed by atoms with Crippen LogP contribution < -0.4 is 5.32 Å². The van der Waals surface area contributed by atoms with Gasteiger partial charge in [0.1, 0.15) is 5.38 Å². The van der Waals surface area contributed by atoms with E-state index in [0.29, 0.717) is 6.04 Å². The molecule has 1 heterocycles. The Bertz CT molecular complexity index is 350. The third kappa shape index (κ3) is 2.49. The van der Waals surface area contributed by atoms with Gasteiger partial charge in [-0.1, -0.05) is 0 Å². The highest BCUT2D eigenvalue weighted by atomic mass is 79.9. The first-order valence-corrected chi connectivity index (χ1v) is 6.41. The highest BCUT2D eigenvalue weighted by Crippen LogP contribution is 2.32. The van der Waals surface area contributed by atoms with Gasteiger partial charge in [0.25, 0.3) is 0 Å². The van der Waals surface area contributed by atoms with Crippen molar-refractivity contribution in [2.75, 3.05) is 0 Å². The van der Waals surface area contributed by atoms with Crippen molar-refractivity contribution in [1.29, 1.82) is 0 Å². The van der Waals surface area contributed by atoms with Gasteiger partial charge in [-0.2, -0.15) is 0 Å². The van der Waals surface area contributed by atoms with Gasteiger partial charge in [-0.3, -0.25) is 4.79 Å². The zero-order valence-electron chi connectivity index (χ0n) is 7.30. The summed E-state index contributed by atoms with van der Waals surface area (Å²) in [5, 5.41) is 2.33. The third-order valence-corrected chi connectivity index (χ3v) is 4.25. The molecule has 2 nitrogen and oxygen atoms in total. The largest absolute Gasteiger partial charge is 0.352 e. The lowest BCUT2D eigenvalue weighted by Gasteiger charge is -2.07. The zero-order chi connectivity index (χ0) is 10.1. The minimum absolute atomic E-state index is 0.0801. The van der Waals surface area contributed by atoms with Crippen molar-refractivity contribution >= 4 is 44.8 Å². The van der Waals surface area contributed by atoms with E-state index in [0.717, 1.165) is 21.5 Å². The summed E-state index contributed by atoms with van der Waals surface area (Å²) < 4.78 is 0.998. The highest BCUT2D eigenvalue weighted by Gasteiger charge is 2.27. The normalized spacial score (nSPS) is 17.9. The maximum Gasteiger partial charge on any atom is 0.243 e. The van der Waals surface area contributed by atoms with Crippen molar-refractivity contribution in [1.82, 2.24) is 5.32 Å². The number of carbonyl (C=O) groups is 1. The van der Waals surface area contributed by atoms with Crippen LogP contribution in [-0.4, -0.2) is 11.9 Å². The van der Waals surface area contributed by atoms with Gasteiger partial charge < -0.3 is 5.32 Å². The molecular formula is C9H9BrClNOS. The van der Waals surface area contributed by atoms with Crippen molar-refractivity contribution in [2.24, 2.45) is 0 Å². The number of rotatable bonds is 3. The van der Waals surface area contributed by atoms with Gasteiger partial charge in [0, 0.05) is 10.9 Å². The van der Waals surface area contributed by atoms with E-state index in [-0.39, 0.29) is 5.91 Å². The molecule has 1 N–H and O–H groups in total. The van der Waals surface area contributed by atoms with Crippen LogP contribution in [-0.2, 0) is 4.79 Å². The molecule has 76 valence electrons. The summed E-state index contributed by atoms with van der Waals surface area (Å²) in [6, 6.07) is 4.14. The lowest BCUT2D eigenvalue weighted by atomic mass is 10.3. The molecule has 1 fully saturated rings. The molecule has 0 radical (unpaired) electrons. The van der Waals surface area contributed by atoms with Crippen molar-refractivity contribution in [3.63, 3.8) is 0 Å². The van der Waals surface area contributed by atoms with Crippen LogP contribution in [0.2, 0.25) is 0 Å². The first kappa shape index (κ1) is 10.5. The van der Waals surface area contributed by atoms with Crippen molar-refractivity contribution in [2.45, 2.75) is 24.3 Å². The van der Waals surface area contributed by atoms with E-state index in [1.807, 2.05) is 12.1 Å². The molecule has 2 rings (SSSR count). The summed E-state index contributed by atoms with van der Waals surface area (Å²) in [6.07, 6.45) is 2.17. The van der Waals surface area contributed by atoms with E-state index < -0.39 is 5.38 Å². The minimum Gasteiger partial charge on any atom is -0.352 e. The molecule has 1 atom stereocenters. The monoisotopic (exact) mass is 293 g/mol. The first-order chi connectivity index (χ1) is 6.66. The lowest BCUT2D eigenvalue weighted by Crippen LogP contribution is -2.28. The Kier molecular flexibility index (Phi) is 3.14. The molecule has 0 saturated heterocycles. The van der Waals surface area contributed by atoms with Gasteiger partial charge >= 0.3 is 0 Å². The maximum absolute atomic E-state index is 11.6. The van der Waals surface area contributed by atoms with E-state index in [4.69, 9.17) is 11.6 Å². The van der Waals surface area contributed by atoms with Crippen LogP contribution in [0.5, 0.6) is 0 Å². The number of thiophene rings is 1. The number of carbonyl (C=O) groups excluding carboxylic acids is 1. The van der Waals surface area contributed by atoms with Crippen molar-refractivity contribution in [3.05, 3.63) is 20.8 Å². The van der Waals surface area contributed by atoms with Crippen LogP contribution in [0, 0.1) is 0 Å². The summed E-state index contributed by atoms with van der Waals surface area (Å²) in [7, 11) is 0. The molecule has 1 unspecified atom stereocenters. The number of alkyl halides is 1. The second-order valence-electron chi connectivity index (χ2n) is 3.29. The Balaban J connectivity index is 1.99. The summed E-state index contributed by atoms with van der Waals surface area (Å²) >= 11 is 10.9. The number of amides is 1. The molecule has 1 saturated carbocycles. The second-order valence-corrected chi connectivity index (χ2v) is 6.22. The van der Waals surface area contributed by atoms with E-state index in [2.05, 4.69) is 21.2 Å². The van der Waals surface area contributed by atoms with Crippen LogP contribution in [0.3, 0.4) is 0 Å². The average molecular weight is 295 g/mol. The smallest absolute Gasteiger partial charge is 0.243 e. The Labute approximate surface area is 99.8 Å². The maximum atomic E-state index is 11.6. The van der Waals surface area contributed by atoms with E-state index in [1.165, 1.54) is 11.3 Å². The molecule has 14 heavy (non-hydrogen) atoms. The number of hydrogen-bond acceptors (Lipinski definition) is 2. The van der Waals surface area contributed by atoms with Crippen LogP contribution in [0.4, 0.5) is 0 Å². The molecule has 1 aliphatic carbocycles. The van der Waals surface area contributed by atoms with Gasteiger partial charge in [0.15, 0.2) is 0 Å².